The summed E-state index contributed by atoms with van der Waals surface area (Å²) in [7, 11) is 0. The second-order valence-corrected chi connectivity index (χ2v) is 7.06. The highest BCUT2D eigenvalue weighted by molar-refractivity contribution is 6.05. The molecule has 5 heteroatoms. The summed E-state index contributed by atoms with van der Waals surface area (Å²) in [5, 5.41) is 2.99. The number of nitrogens with one attached hydrogen (secondary N) is 1. The number of carbonyl (C=O) groups is 1. The number of amides is 1. The Balaban J connectivity index is 1.71. The maximum Gasteiger partial charge on any atom is 0.257 e. The molecule has 0 radical (unpaired) electrons. The minimum atomic E-state index is -0.0595. The van der Waals surface area contributed by atoms with Crippen molar-refractivity contribution in [1.29, 1.82) is 0 Å². The zero-order valence-electron chi connectivity index (χ0n) is 15.8. The molecule has 0 saturated heterocycles. The summed E-state index contributed by atoms with van der Waals surface area (Å²) in [5.41, 5.74) is 9.19. The van der Waals surface area contributed by atoms with Crippen LogP contribution in [0.15, 0.2) is 30.3 Å². The first-order valence-electron chi connectivity index (χ1n) is 9.53. The first-order valence-corrected chi connectivity index (χ1v) is 9.53. The molecule has 2 aromatic rings. The van der Waals surface area contributed by atoms with Gasteiger partial charge in [-0.05, 0) is 57.0 Å². The molecule has 1 aromatic carbocycles. The number of benzene rings is 1. The second kappa shape index (κ2) is 8.41. The van der Waals surface area contributed by atoms with E-state index in [0.717, 1.165) is 22.7 Å². The van der Waals surface area contributed by atoms with Crippen molar-refractivity contribution < 1.29 is 9.53 Å². The molecular formula is C21H29N3O2. The van der Waals surface area contributed by atoms with Crippen molar-refractivity contribution in [3.8, 4) is 5.75 Å². The van der Waals surface area contributed by atoms with Crippen molar-refractivity contribution in [2.75, 3.05) is 18.5 Å². The van der Waals surface area contributed by atoms with E-state index in [1.54, 1.807) is 0 Å². The quantitative estimate of drug-likeness (QED) is 0.816. The third-order valence-corrected chi connectivity index (χ3v) is 5.17. The normalized spacial score (nSPS) is 15.0. The minimum Gasteiger partial charge on any atom is -0.492 e. The standard InChI is InChI=1S/C21H29N3O2/c1-15-14-20(16(2)24(15)18-6-4-3-5-7-18)21(25)23-17-8-10-19(11-9-17)26-13-12-22/h8-11,14,18H,3-7,12-13,22H2,1-2H3,(H,23,25). The van der Waals surface area contributed by atoms with Crippen LogP contribution in [0.4, 0.5) is 5.69 Å². The Hall–Kier alpha value is -2.27. The highest BCUT2D eigenvalue weighted by Crippen LogP contribution is 2.32. The molecule has 0 unspecified atom stereocenters. The van der Waals surface area contributed by atoms with Crippen LogP contribution >= 0.6 is 0 Å². The SMILES string of the molecule is Cc1cc(C(=O)Nc2ccc(OCCN)cc2)c(C)n1C1CCCCC1. The highest BCUT2D eigenvalue weighted by Gasteiger charge is 2.22. The first-order chi connectivity index (χ1) is 12.6. The number of aromatic nitrogens is 1. The number of hydrogen-bond donors (Lipinski definition) is 2. The summed E-state index contributed by atoms with van der Waals surface area (Å²) < 4.78 is 7.82. The molecule has 26 heavy (non-hydrogen) atoms. The molecule has 0 aliphatic heterocycles. The van der Waals surface area contributed by atoms with Gasteiger partial charge in [0.2, 0.25) is 0 Å². The van der Waals surface area contributed by atoms with E-state index >= 15 is 0 Å². The van der Waals surface area contributed by atoms with Gasteiger partial charge in [-0.15, -0.1) is 0 Å². The number of hydrogen-bond acceptors (Lipinski definition) is 3. The summed E-state index contributed by atoms with van der Waals surface area (Å²) in [6.45, 7) is 5.12. The zero-order valence-corrected chi connectivity index (χ0v) is 15.8. The number of carbonyl (C=O) groups excluding carboxylic acids is 1. The fourth-order valence-corrected chi connectivity index (χ4v) is 3.92. The molecule has 3 rings (SSSR count). The molecule has 0 bridgehead atoms. The number of anilines is 1. The largest absolute Gasteiger partial charge is 0.492 e. The lowest BCUT2D eigenvalue weighted by Gasteiger charge is -2.26. The van der Waals surface area contributed by atoms with Crippen molar-refractivity contribution in [2.45, 2.75) is 52.0 Å². The lowest BCUT2D eigenvalue weighted by molar-refractivity contribution is 0.102. The molecule has 1 aliphatic rings. The van der Waals surface area contributed by atoms with Crippen LogP contribution in [0.25, 0.3) is 0 Å². The number of nitrogens with two attached hydrogens (primary N) is 1. The molecule has 3 N–H and O–H groups in total. The second-order valence-electron chi connectivity index (χ2n) is 7.06. The van der Waals surface area contributed by atoms with Gasteiger partial charge in [-0.3, -0.25) is 4.79 Å². The van der Waals surface area contributed by atoms with Gasteiger partial charge < -0.3 is 20.4 Å². The number of aryl methyl sites for hydroxylation is 1. The molecule has 1 amide bonds. The van der Waals surface area contributed by atoms with Gasteiger partial charge >= 0.3 is 0 Å². The molecule has 1 aromatic heterocycles. The Morgan fingerprint density at radius 1 is 1.19 bits per heavy atom. The molecule has 0 spiro atoms. The number of rotatable bonds is 6. The maximum absolute atomic E-state index is 12.8. The zero-order chi connectivity index (χ0) is 18.5. The van der Waals surface area contributed by atoms with Gasteiger partial charge in [0.25, 0.3) is 5.91 Å². The lowest BCUT2D eigenvalue weighted by atomic mass is 9.95. The van der Waals surface area contributed by atoms with E-state index in [1.807, 2.05) is 30.3 Å². The summed E-state index contributed by atoms with van der Waals surface area (Å²) >= 11 is 0. The molecule has 1 aliphatic carbocycles. The monoisotopic (exact) mass is 355 g/mol. The minimum absolute atomic E-state index is 0.0595. The van der Waals surface area contributed by atoms with Gasteiger partial charge in [0.15, 0.2) is 0 Å². The van der Waals surface area contributed by atoms with Crippen molar-refractivity contribution in [2.24, 2.45) is 5.73 Å². The molecular weight excluding hydrogens is 326 g/mol. The van der Waals surface area contributed by atoms with Gasteiger partial charge in [-0.2, -0.15) is 0 Å². The Morgan fingerprint density at radius 3 is 2.54 bits per heavy atom. The highest BCUT2D eigenvalue weighted by atomic mass is 16.5. The van der Waals surface area contributed by atoms with E-state index in [9.17, 15) is 4.79 Å². The van der Waals surface area contributed by atoms with Crippen LogP contribution < -0.4 is 15.8 Å². The Bertz CT molecular complexity index is 743. The van der Waals surface area contributed by atoms with Crippen molar-refractivity contribution in [3.05, 3.63) is 47.3 Å². The third-order valence-electron chi connectivity index (χ3n) is 5.17. The van der Waals surface area contributed by atoms with Crippen LogP contribution in [0, 0.1) is 13.8 Å². The molecule has 1 heterocycles. The van der Waals surface area contributed by atoms with Gasteiger partial charge in [0.05, 0.1) is 5.56 Å². The fraction of sp³-hybridized carbons (Fsp3) is 0.476. The predicted molar refractivity (Wildman–Crippen MR) is 105 cm³/mol. The van der Waals surface area contributed by atoms with E-state index in [0.29, 0.717) is 19.2 Å². The van der Waals surface area contributed by atoms with Crippen LogP contribution in [0.3, 0.4) is 0 Å². The molecule has 5 nitrogen and oxygen atoms in total. The maximum atomic E-state index is 12.8. The van der Waals surface area contributed by atoms with Gasteiger partial charge in [-0.1, -0.05) is 19.3 Å². The molecule has 1 saturated carbocycles. The van der Waals surface area contributed by atoms with Gasteiger partial charge in [0.1, 0.15) is 12.4 Å². The summed E-state index contributed by atoms with van der Waals surface area (Å²) in [4.78, 5) is 12.8. The summed E-state index contributed by atoms with van der Waals surface area (Å²) in [6, 6.07) is 9.93. The fourth-order valence-electron chi connectivity index (χ4n) is 3.92. The smallest absolute Gasteiger partial charge is 0.257 e. The Labute approximate surface area is 155 Å². The first kappa shape index (κ1) is 18.5. The Kier molecular flexibility index (Phi) is 5.99. The average Bonchev–Trinajstić information content (AvgIpc) is 2.96. The van der Waals surface area contributed by atoms with Crippen molar-refractivity contribution in [1.82, 2.24) is 4.57 Å². The van der Waals surface area contributed by atoms with Crippen LogP contribution in [0.5, 0.6) is 5.75 Å². The van der Waals surface area contributed by atoms with Gasteiger partial charge in [0, 0.05) is 29.7 Å². The Morgan fingerprint density at radius 2 is 1.88 bits per heavy atom. The van der Waals surface area contributed by atoms with Crippen LogP contribution in [-0.4, -0.2) is 23.6 Å². The average molecular weight is 355 g/mol. The summed E-state index contributed by atoms with van der Waals surface area (Å²) in [5.74, 6) is 0.694. The van der Waals surface area contributed by atoms with E-state index in [-0.39, 0.29) is 5.91 Å². The van der Waals surface area contributed by atoms with E-state index in [1.165, 1.54) is 37.8 Å². The topological polar surface area (TPSA) is 69.3 Å². The molecule has 0 atom stereocenters. The number of ether oxygens (including phenoxy) is 1. The predicted octanol–water partition coefficient (Wildman–Crippen LogP) is 4.20. The van der Waals surface area contributed by atoms with Crippen molar-refractivity contribution in [3.63, 3.8) is 0 Å². The third kappa shape index (κ3) is 4.10. The van der Waals surface area contributed by atoms with Crippen LogP contribution in [0.1, 0.15) is 59.9 Å². The van der Waals surface area contributed by atoms with E-state index in [4.69, 9.17) is 10.5 Å². The van der Waals surface area contributed by atoms with E-state index < -0.39 is 0 Å². The summed E-state index contributed by atoms with van der Waals surface area (Å²) in [6.07, 6.45) is 6.31. The molecule has 140 valence electrons. The lowest BCUT2D eigenvalue weighted by Crippen LogP contribution is -2.17. The van der Waals surface area contributed by atoms with Gasteiger partial charge in [-0.25, -0.2) is 0 Å². The van der Waals surface area contributed by atoms with Crippen LogP contribution in [-0.2, 0) is 0 Å². The molecule has 1 fully saturated rings. The van der Waals surface area contributed by atoms with Crippen molar-refractivity contribution >= 4 is 11.6 Å². The van der Waals surface area contributed by atoms with Crippen LogP contribution in [0.2, 0.25) is 0 Å². The van der Waals surface area contributed by atoms with E-state index in [2.05, 4.69) is 23.7 Å². The number of nitrogens with zero attached hydrogens (tertiary/aromatic N) is 1.